The molecule has 5 aromatic rings. The number of aliphatic hydroxyl groups is 1. The molecule has 0 bridgehead atoms. The normalized spacial score (nSPS) is 12.0. The van der Waals surface area contributed by atoms with Gasteiger partial charge in [0.2, 0.25) is 0 Å². The van der Waals surface area contributed by atoms with Crippen LogP contribution in [0.4, 0.5) is 0 Å². The molecule has 0 saturated heterocycles. The minimum Gasteiger partial charge on any atom is -0.512 e. The number of pyridine rings is 1. The van der Waals surface area contributed by atoms with Gasteiger partial charge in [0.15, 0.2) is 5.78 Å². The first kappa shape index (κ1) is 40.2. The zero-order valence-electron chi connectivity index (χ0n) is 30.6. The van der Waals surface area contributed by atoms with Gasteiger partial charge in [-0.25, -0.2) is 9.97 Å². The summed E-state index contributed by atoms with van der Waals surface area (Å²) in [6.07, 6.45) is 7.58. The molecule has 263 valence electrons. The Morgan fingerprint density at radius 2 is 1.55 bits per heavy atom. The van der Waals surface area contributed by atoms with E-state index in [1.54, 1.807) is 17.7 Å². The van der Waals surface area contributed by atoms with Gasteiger partial charge in [0.1, 0.15) is 6.33 Å². The maximum absolute atomic E-state index is 11.7. The molecule has 1 radical (unpaired) electrons. The van der Waals surface area contributed by atoms with E-state index in [-0.39, 0.29) is 48.9 Å². The van der Waals surface area contributed by atoms with Crippen LogP contribution in [0.1, 0.15) is 99.1 Å². The van der Waals surface area contributed by atoms with Gasteiger partial charge < -0.3 is 5.11 Å². The van der Waals surface area contributed by atoms with Crippen molar-refractivity contribution < 1.29 is 30.0 Å². The average molecular weight is 855 g/mol. The number of benzene rings is 2. The summed E-state index contributed by atoms with van der Waals surface area (Å²) in [5, 5.41) is 14.3. The molecule has 0 atom stereocenters. The van der Waals surface area contributed by atoms with E-state index in [1.165, 1.54) is 27.3 Å². The van der Waals surface area contributed by atoms with Crippen LogP contribution in [0.5, 0.6) is 0 Å². The molecule has 3 aromatic heterocycles. The Hall–Kier alpha value is -3.25. The Labute approximate surface area is 311 Å². The number of nitrogens with zero attached hydrogens (tertiary/aromatic N) is 3. The Kier molecular flexibility index (Phi) is 14.9. The number of allylic oxidation sites excluding steroid dienone is 2. The quantitative estimate of drug-likeness (QED) is 0.0814. The van der Waals surface area contributed by atoms with Crippen molar-refractivity contribution in [3.05, 3.63) is 89.3 Å². The average Bonchev–Trinajstić information content (AvgIpc) is 3.46. The third-order valence-corrected chi connectivity index (χ3v) is 9.98. The number of carbonyl (C=O) groups is 1. The van der Waals surface area contributed by atoms with Crippen LogP contribution in [0, 0.1) is 23.8 Å². The zero-order chi connectivity index (χ0) is 35.0. The monoisotopic (exact) mass is 855 g/mol. The van der Waals surface area contributed by atoms with Crippen LogP contribution in [-0.2, 0) is 36.7 Å². The largest absolute Gasteiger partial charge is 0.512 e. The van der Waals surface area contributed by atoms with Gasteiger partial charge in [-0.3, -0.25) is 9.78 Å². The molecule has 0 unspecified atom stereocenters. The van der Waals surface area contributed by atoms with E-state index >= 15 is 0 Å². The number of ketones is 1. The number of fused-ring (bicyclic) bond motifs is 2. The summed E-state index contributed by atoms with van der Waals surface area (Å²) in [6, 6.07) is 20.5. The van der Waals surface area contributed by atoms with E-state index in [9.17, 15) is 9.90 Å². The van der Waals surface area contributed by atoms with Crippen molar-refractivity contribution in [2.75, 3.05) is 0 Å². The minimum atomic E-state index is 0. The van der Waals surface area contributed by atoms with Gasteiger partial charge in [-0.15, -0.1) is 40.5 Å². The summed E-state index contributed by atoms with van der Waals surface area (Å²) >= 11 is 1.76. The number of hydrogen-bond acceptors (Lipinski definition) is 6. The number of hydrogen-bond donors (Lipinski definition) is 1. The summed E-state index contributed by atoms with van der Waals surface area (Å²) in [4.78, 5) is 25.9. The molecular weight excluding hydrogens is 803 g/mol. The SMILES string of the molecule is CC(C)Cc1csc2ccc(-c3cc(-c4[c-]c5ccccc5c(C(C)(C)C)c4)ncn3)nc12.CCC(CC)C(=O)/C=C(\O)C(CC)CC.[Ir]. The van der Waals surface area contributed by atoms with Crippen molar-refractivity contribution in [2.24, 2.45) is 17.8 Å². The molecule has 0 aliphatic carbocycles. The molecule has 0 aliphatic rings. The molecule has 5 nitrogen and oxygen atoms in total. The minimum absolute atomic E-state index is 0. The molecule has 3 heterocycles. The van der Waals surface area contributed by atoms with Gasteiger partial charge in [-0.1, -0.05) is 91.5 Å². The smallest absolute Gasteiger partial charge is 0.162 e. The molecule has 2 aromatic carbocycles. The molecule has 1 N–H and O–H groups in total. The van der Waals surface area contributed by atoms with Gasteiger partial charge in [-0.2, -0.15) is 0 Å². The molecule has 0 amide bonds. The first-order valence-electron chi connectivity index (χ1n) is 17.5. The summed E-state index contributed by atoms with van der Waals surface area (Å²) in [5.74, 6) is 1.14. The van der Waals surface area contributed by atoms with Gasteiger partial charge >= 0.3 is 0 Å². The standard InChI is InChI=1S/C29H28N3S.C13H24O2.Ir/c1-18(2)12-21-16-33-27-11-10-24(32-28(21)27)26-15-25(30-17-31-26)20-13-19-8-6-7-9-22(19)23(14-20)29(3,4)5;1-5-10(6-2)12(14)9-13(15)11(7-3)8-4;/h6-11,14-18H,12H2,1-5H3;9-11,14H,5-8H2,1-4H3;/q-1;;/b;12-9-;. The van der Waals surface area contributed by atoms with Crippen molar-refractivity contribution in [3.63, 3.8) is 0 Å². The number of thiophene rings is 1. The van der Waals surface area contributed by atoms with E-state index in [2.05, 4.69) is 98.5 Å². The Bertz CT molecular complexity index is 1860. The fraction of sp³-hybridized carbons (Fsp3) is 0.429. The Morgan fingerprint density at radius 3 is 2.18 bits per heavy atom. The number of aromatic nitrogens is 3. The third-order valence-electron chi connectivity index (χ3n) is 8.99. The van der Waals surface area contributed by atoms with E-state index in [1.807, 2.05) is 33.8 Å². The fourth-order valence-electron chi connectivity index (χ4n) is 6.10. The van der Waals surface area contributed by atoms with Crippen LogP contribution in [0.2, 0.25) is 0 Å². The van der Waals surface area contributed by atoms with Gasteiger partial charge in [0.05, 0.1) is 27.4 Å². The van der Waals surface area contributed by atoms with Crippen LogP contribution in [0.25, 0.3) is 43.6 Å². The number of carbonyl (C=O) groups excluding carboxylic acids is 1. The first-order chi connectivity index (χ1) is 22.9. The summed E-state index contributed by atoms with van der Waals surface area (Å²) in [6.45, 7) is 19.3. The number of rotatable bonds is 11. The van der Waals surface area contributed by atoms with Crippen LogP contribution in [-0.4, -0.2) is 25.8 Å². The second kappa shape index (κ2) is 18.1. The maximum Gasteiger partial charge on any atom is 0.162 e. The van der Waals surface area contributed by atoms with Crippen molar-refractivity contribution in [3.8, 4) is 22.6 Å². The van der Waals surface area contributed by atoms with Crippen LogP contribution in [0.15, 0.2) is 72.1 Å². The van der Waals surface area contributed by atoms with Crippen molar-refractivity contribution in [2.45, 2.75) is 99.8 Å². The maximum atomic E-state index is 11.7. The second-order valence-electron chi connectivity index (χ2n) is 14.1. The van der Waals surface area contributed by atoms with Gasteiger partial charge in [-0.05, 0) is 72.6 Å². The van der Waals surface area contributed by atoms with E-state index < -0.39 is 0 Å². The van der Waals surface area contributed by atoms with Crippen molar-refractivity contribution in [1.29, 1.82) is 0 Å². The molecule has 49 heavy (non-hydrogen) atoms. The molecule has 0 fully saturated rings. The van der Waals surface area contributed by atoms with Crippen molar-refractivity contribution >= 4 is 38.1 Å². The van der Waals surface area contributed by atoms with Gasteiger partial charge in [0.25, 0.3) is 0 Å². The zero-order valence-corrected chi connectivity index (χ0v) is 33.8. The predicted octanol–water partition coefficient (Wildman–Crippen LogP) is 11.7. The van der Waals surface area contributed by atoms with Crippen LogP contribution < -0.4 is 0 Å². The third kappa shape index (κ3) is 10.2. The topological polar surface area (TPSA) is 76.0 Å². The second-order valence-corrected chi connectivity index (χ2v) is 15.0. The molecule has 0 aliphatic heterocycles. The van der Waals surface area contributed by atoms with Crippen LogP contribution in [0.3, 0.4) is 0 Å². The van der Waals surface area contributed by atoms with Gasteiger partial charge in [0, 0.05) is 43.7 Å². The van der Waals surface area contributed by atoms with Crippen molar-refractivity contribution in [1.82, 2.24) is 15.0 Å². The fourth-order valence-corrected chi connectivity index (χ4v) is 7.01. The number of aliphatic hydroxyl groups excluding tert-OH is 1. The molecule has 7 heteroatoms. The first-order valence-corrected chi connectivity index (χ1v) is 18.4. The van der Waals surface area contributed by atoms with E-state index in [0.717, 1.165) is 65.7 Å². The van der Waals surface area contributed by atoms with E-state index in [4.69, 9.17) is 4.98 Å². The van der Waals surface area contributed by atoms with Crippen LogP contribution >= 0.6 is 11.3 Å². The molecule has 0 spiro atoms. The molecular formula is C42H52IrN3O2S-. The molecule has 5 rings (SSSR count). The predicted molar refractivity (Wildman–Crippen MR) is 204 cm³/mol. The summed E-state index contributed by atoms with van der Waals surface area (Å²) < 4.78 is 1.22. The summed E-state index contributed by atoms with van der Waals surface area (Å²) in [7, 11) is 0. The summed E-state index contributed by atoms with van der Waals surface area (Å²) in [5.41, 5.74) is 7.29. The Morgan fingerprint density at radius 1 is 0.898 bits per heavy atom. The Balaban J connectivity index is 0.000000347. The molecule has 0 saturated carbocycles. The van der Waals surface area contributed by atoms with E-state index in [0.29, 0.717) is 5.92 Å².